The SMILES string of the molecule is CCCC/C(=C1/SC(=S)NC1=O)c1cc(C(F)(F)F)cc(C(F)(F)F)c1. The monoisotopic (exact) mass is 413 g/mol. The highest BCUT2D eigenvalue weighted by molar-refractivity contribution is 8.26. The number of allylic oxidation sites excluding steroid dienone is 1. The number of unbranched alkanes of at least 4 members (excludes halogenated alkanes) is 1. The van der Waals surface area contributed by atoms with Crippen LogP contribution in [0, 0.1) is 0 Å². The van der Waals surface area contributed by atoms with Gasteiger partial charge in [-0.05, 0) is 42.2 Å². The Labute approximate surface area is 155 Å². The van der Waals surface area contributed by atoms with Crippen molar-refractivity contribution >= 4 is 39.8 Å². The molecule has 0 aromatic heterocycles. The lowest BCUT2D eigenvalue weighted by molar-refractivity contribution is -0.143. The minimum Gasteiger partial charge on any atom is -0.307 e. The molecule has 0 bridgehead atoms. The van der Waals surface area contributed by atoms with Crippen LogP contribution in [0.25, 0.3) is 5.57 Å². The van der Waals surface area contributed by atoms with Crippen LogP contribution in [0.1, 0.15) is 42.9 Å². The summed E-state index contributed by atoms with van der Waals surface area (Å²) < 4.78 is 78.6. The van der Waals surface area contributed by atoms with Gasteiger partial charge in [0.1, 0.15) is 4.32 Å². The summed E-state index contributed by atoms with van der Waals surface area (Å²) in [7, 11) is 0. The molecule has 0 spiro atoms. The van der Waals surface area contributed by atoms with Gasteiger partial charge in [0.2, 0.25) is 0 Å². The van der Waals surface area contributed by atoms with Crippen molar-refractivity contribution in [3.63, 3.8) is 0 Å². The third-order valence-electron chi connectivity index (χ3n) is 3.61. The Morgan fingerprint density at radius 3 is 2.00 bits per heavy atom. The third-order valence-corrected chi connectivity index (χ3v) is 4.88. The molecule has 0 saturated carbocycles. The summed E-state index contributed by atoms with van der Waals surface area (Å²) in [5.41, 5.74) is -2.97. The third kappa shape index (κ3) is 4.79. The molecule has 1 aliphatic rings. The standard InChI is InChI=1S/C16H13F6NOS2/c1-2-3-4-11(12-13(24)23-14(25)26-12)8-5-9(15(17,18)19)7-10(6-8)16(20,21)22/h5-7H,2-4H2,1H3,(H,23,24,25)/b12-11-. The average Bonchev–Trinajstić information content (AvgIpc) is 2.84. The van der Waals surface area contributed by atoms with Crippen LogP contribution in [0.3, 0.4) is 0 Å². The zero-order valence-electron chi connectivity index (χ0n) is 13.3. The summed E-state index contributed by atoms with van der Waals surface area (Å²) in [5.74, 6) is -0.614. The summed E-state index contributed by atoms with van der Waals surface area (Å²) in [5, 5.41) is 2.34. The molecule has 1 heterocycles. The molecule has 0 aliphatic carbocycles. The molecule has 1 amide bonds. The van der Waals surface area contributed by atoms with Gasteiger partial charge in [-0.15, -0.1) is 0 Å². The number of thiocarbonyl (C=S) groups is 1. The van der Waals surface area contributed by atoms with Gasteiger partial charge in [0, 0.05) is 0 Å². The van der Waals surface area contributed by atoms with Crippen molar-refractivity contribution in [3.8, 4) is 0 Å². The van der Waals surface area contributed by atoms with E-state index in [9.17, 15) is 31.1 Å². The number of benzene rings is 1. The highest BCUT2D eigenvalue weighted by Crippen LogP contribution is 2.41. The zero-order chi connectivity index (χ0) is 19.7. The van der Waals surface area contributed by atoms with Crippen molar-refractivity contribution in [1.82, 2.24) is 5.32 Å². The van der Waals surface area contributed by atoms with E-state index in [-0.39, 0.29) is 32.8 Å². The number of carbonyl (C=O) groups is 1. The van der Waals surface area contributed by atoms with Crippen LogP contribution < -0.4 is 5.32 Å². The highest BCUT2D eigenvalue weighted by atomic mass is 32.2. The van der Waals surface area contributed by atoms with E-state index in [1.807, 2.05) is 6.92 Å². The maximum Gasteiger partial charge on any atom is 0.416 e. The van der Waals surface area contributed by atoms with E-state index < -0.39 is 29.4 Å². The minimum atomic E-state index is -4.95. The first-order valence-corrected chi connectivity index (χ1v) is 8.72. The van der Waals surface area contributed by atoms with Gasteiger partial charge in [0.15, 0.2) is 0 Å². The molecule has 0 atom stereocenters. The number of alkyl halides is 6. The largest absolute Gasteiger partial charge is 0.416 e. The van der Waals surface area contributed by atoms with E-state index in [1.165, 1.54) is 0 Å². The number of hydrogen-bond donors (Lipinski definition) is 1. The summed E-state index contributed by atoms with van der Waals surface area (Å²) in [4.78, 5) is 12.0. The molecule has 1 aromatic carbocycles. The number of thioether (sulfide) groups is 1. The number of halogens is 6. The average molecular weight is 413 g/mol. The fraction of sp³-hybridized carbons (Fsp3) is 0.375. The molecule has 1 aliphatic heterocycles. The lowest BCUT2D eigenvalue weighted by atomic mass is 9.95. The van der Waals surface area contributed by atoms with E-state index >= 15 is 0 Å². The number of amides is 1. The molecular weight excluding hydrogens is 400 g/mol. The molecule has 2 nitrogen and oxygen atoms in total. The topological polar surface area (TPSA) is 29.1 Å². The van der Waals surface area contributed by atoms with E-state index in [0.717, 1.165) is 11.8 Å². The van der Waals surface area contributed by atoms with Crippen molar-refractivity contribution in [2.75, 3.05) is 0 Å². The molecule has 26 heavy (non-hydrogen) atoms. The van der Waals surface area contributed by atoms with Gasteiger partial charge in [-0.3, -0.25) is 4.79 Å². The number of rotatable bonds is 4. The van der Waals surface area contributed by atoms with Gasteiger partial charge in [0.05, 0.1) is 16.0 Å². The van der Waals surface area contributed by atoms with E-state index in [4.69, 9.17) is 12.2 Å². The normalized spacial score (nSPS) is 17.5. The predicted molar refractivity (Wildman–Crippen MR) is 91.2 cm³/mol. The van der Waals surface area contributed by atoms with Gasteiger partial charge < -0.3 is 5.32 Å². The van der Waals surface area contributed by atoms with Gasteiger partial charge in [-0.25, -0.2) is 0 Å². The zero-order valence-corrected chi connectivity index (χ0v) is 15.0. The molecule has 2 rings (SSSR count). The Balaban J connectivity index is 2.70. The Morgan fingerprint density at radius 2 is 1.62 bits per heavy atom. The van der Waals surface area contributed by atoms with Gasteiger partial charge in [-0.1, -0.05) is 37.3 Å². The Kier molecular flexibility index (Phi) is 6.06. The van der Waals surface area contributed by atoms with Crippen molar-refractivity contribution in [3.05, 3.63) is 39.8 Å². The molecule has 0 unspecified atom stereocenters. The number of nitrogens with one attached hydrogen (secondary N) is 1. The van der Waals surface area contributed by atoms with Crippen molar-refractivity contribution in [1.29, 1.82) is 0 Å². The van der Waals surface area contributed by atoms with Crippen LogP contribution >= 0.6 is 24.0 Å². The molecule has 1 N–H and O–H groups in total. The second-order valence-electron chi connectivity index (χ2n) is 5.55. The summed E-state index contributed by atoms with van der Waals surface area (Å²) >= 11 is 5.70. The van der Waals surface area contributed by atoms with Gasteiger partial charge in [0.25, 0.3) is 5.91 Å². The van der Waals surface area contributed by atoms with E-state index in [0.29, 0.717) is 25.0 Å². The van der Waals surface area contributed by atoms with Crippen molar-refractivity contribution in [2.24, 2.45) is 0 Å². The quantitative estimate of drug-likeness (QED) is 0.386. The van der Waals surface area contributed by atoms with Crippen LogP contribution in [-0.2, 0) is 17.1 Å². The first kappa shape index (κ1) is 20.8. The van der Waals surface area contributed by atoms with Crippen LogP contribution in [-0.4, -0.2) is 10.2 Å². The molecule has 0 radical (unpaired) electrons. The fourth-order valence-electron chi connectivity index (χ4n) is 2.38. The van der Waals surface area contributed by atoms with Crippen LogP contribution in [0.2, 0.25) is 0 Å². The van der Waals surface area contributed by atoms with Crippen molar-refractivity contribution in [2.45, 2.75) is 38.5 Å². The summed E-state index contributed by atoms with van der Waals surface area (Å²) in [6, 6.07) is 1.35. The van der Waals surface area contributed by atoms with E-state index in [2.05, 4.69) is 5.32 Å². The fourth-order valence-corrected chi connectivity index (χ4v) is 3.54. The Hall–Kier alpha value is -1.55. The van der Waals surface area contributed by atoms with E-state index in [1.54, 1.807) is 0 Å². The molecule has 1 aromatic rings. The van der Waals surface area contributed by atoms with Crippen LogP contribution in [0.4, 0.5) is 26.3 Å². The molecule has 142 valence electrons. The van der Waals surface area contributed by atoms with Crippen molar-refractivity contribution < 1.29 is 31.1 Å². The second-order valence-corrected chi connectivity index (χ2v) is 7.24. The molecule has 1 fully saturated rings. The second kappa shape index (κ2) is 7.59. The lowest BCUT2D eigenvalue weighted by Gasteiger charge is -2.17. The molecule has 10 heteroatoms. The predicted octanol–water partition coefficient (Wildman–Crippen LogP) is 5.77. The Bertz CT molecular complexity index is 735. The first-order chi connectivity index (χ1) is 11.9. The summed E-state index contributed by atoms with van der Waals surface area (Å²) in [6.45, 7) is 1.82. The first-order valence-electron chi connectivity index (χ1n) is 7.49. The minimum absolute atomic E-state index is 0.0379. The summed E-state index contributed by atoms with van der Waals surface area (Å²) in [6.07, 6.45) is -8.59. The number of hydrogen-bond acceptors (Lipinski definition) is 3. The van der Waals surface area contributed by atoms with Crippen LogP contribution in [0.5, 0.6) is 0 Å². The maximum atomic E-state index is 13.1. The van der Waals surface area contributed by atoms with Gasteiger partial charge in [-0.2, -0.15) is 26.3 Å². The number of carbonyl (C=O) groups excluding carboxylic acids is 1. The molecule has 1 saturated heterocycles. The Morgan fingerprint density at radius 1 is 1.08 bits per heavy atom. The highest BCUT2D eigenvalue weighted by Gasteiger charge is 2.37. The van der Waals surface area contributed by atoms with Crippen LogP contribution in [0.15, 0.2) is 23.1 Å². The molecular formula is C16H13F6NOS2. The maximum absolute atomic E-state index is 13.1. The lowest BCUT2D eigenvalue weighted by Crippen LogP contribution is -2.18. The van der Waals surface area contributed by atoms with Gasteiger partial charge >= 0.3 is 12.4 Å². The smallest absolute Gasteiger partial charge is 0.307 e.